The van der Waals surface area contributed by atoms with Gasteiger partial charge in [-0.2, -0.15) is 5.26 Å². The molecule has 2 rings (SSSR count). The summed E-state index contributed by atoms with van der Waals surface area (Å²) in [6.07, 6.45) is 6.36. The Hall–Kier alpha value is -1.49. The molecule has 0 saturated heterocycles. The molecule has 2 N–H and O–H groups in total. The van der Waals surface area contributed by atoms with E-state index in [1.807, 2.05) is 6.07 Å². The van der Waals surface area contributed by atoms with Gasteiger partial charge in [0.05, 0.1) is 5.60 Å². The Morgan fingerprint density at radius 2 is 1.95 bits per heavy atom. The molecule has 0 aromatic carbocycles. The summed E-state index contributed by atoms with van der Waals surface area (Å²) < 4.78 is 26.8. The minimum atomic E-state index is -3.72. The van der Waals surface area contributed by atoms with Gasteiger partial charge in [-0.1, -0.05) is 25.7 Å². The number of nitrogens with one attached hydrogen (secondary N) is 1. The topological polar surface area (TPSA) is 103 Å². The van der Waals surface area contributed by atoms with E-state index in [0.717, 1.165) is 31.9 Å². The number of sulfonamides is 1. The zero-order valence-electron chi connectivity index (χ0n) is 11.7. The first-order valence-corrected chi connectivity index (χ1v) is 8.52. The van der Waals surface area contributed by atoms with Crippen LogP contribution >= 0.6 is 0 Å². The predicted octanol–water partition coefficient (Wildman–Crippen LogP) is 1.32. The summed E-state index contributed by atoms with van der Waals surface area (Å²) in [5, 5.41) is 19.1. The van der Waals surface area contributed by atoms with Crippen LogP contribution in [0.4, 0.5) is 0 Å². The molecule has 21 heavy (non-hydrogen) atoms. The third kappa shape index (κ3) is 4.24. The Kier molecular flexibility index (Phi) is 4.93. The molecule has 1 saturated carbocycles. The van der Waals surface area contributed by atoms with Crippen molar-refractivity contribution in [1.82, 2.24) is 9.71 Å². The van der Waals surface area contributed by atoms with Gasteiger partial charge in [-0.05, 0) is 25.0 Å². The number of nitrogens with zero attached hydrogens (tertiary/aromatic N) is 2. The third-order valence-electron chi connectivity index (χ3n) is 3.79. The van der Waals surface area contributed by atoms with Crippen LogP contribution < -0.4 is 4.72 Å². The van der Waals surface area contributed by atoms with E-state index < -0.39 is 15.6 Å². The number of nitriles is 1. The van der Waals surface area contributed by atoms with E-state index in [9.17, 15) is 13.5 Å². The lowest BCUT2D eigenvalue weighted by Gasteiger charge is -2.26. The molecule has 1 heterocycles. The molecule has 6 nitrogen and oxygen atoms in total. The maximum Gasteiger partial charge on any atom is 0.242 e. The Balaban J connectivity index is 2.04. The highest BCUT2D eigenvalue weighted by Crippen LogP contribution is 2.26. The number of aliphatic hydroxyl groups is 1. The highest BCUT2D eigenvalue weighted by atomic mass is 32.2. The Labute approximate surface area is 124 Å². The van der Waals surface area contributed by atoms with Crippen LogP contribution in [0.5, 0.6) is 0 Å². The van der Waals surface area contributed by atoms with E-state index in [2.05, 4.69) is 9.71 Å². The number of hydrogen-bond acceptors (Lipinski definition) is 5. The zero-order chi connectivity index (χ0) is 15.3. The average Bonchev–Trinajstić information content (AvgIpc) is 2.71. The van der Waals surface area contributed by atoms with Crippen molar-refractivity contribution in [3.63, 3.8) is 0 Å². The lowest BCUT2D eigenvalue weighted by atomic mass is 9.95. The molecule has 0 spiro atoms. The summed E-state index contributed by atoms with van der Waals surface area (Å²) in [5.41, 5.74) is -0.805. The first-order valence-electron chi connectivity index (χ1n) is 7.03. The number of rotatable bonds is 4. The molecule has 1 aliphatic carbocycles. The van der Waals surface area contributed by atoms with Crippen LogP contribution in [0.25, 0.3) is 0 Å². The van der Waals surface area contributed by atoms with Crippen LogP contribution in [0.1, 0.15) is 44.2 Å². The van der Waals surface area contributed by atoms with Gasteiger partial charge in [0.25, 0.3) is 0 Å². The van der Waals surface area contributed by atoms with E-state index in [1.54, 1.807) is 0 Å². The van der Waals surface area contributed by atoms with Crippen LogP contribution in [0.3, 0.4) is 0 Å². The average molecular weight is 309 g/mol. The summed E-state index contributed by atoms with van der Waals surface area (Å²) in [6, 6.07) is 4.53. The fourth-order valence-electron chi connectivity index (χ4n) is 2.48. The number of hydrogen-bond donors (Lipinski definition) is 2. The molecule has 114 valence electrons. The summed E-state index contributed by atoms with van der Waals surface area (Å²) in [7, 11) is -3.72. The van der Waals surface area contributed by atoms with Gasteiger partial charge in [-0.3, -0.25) is 0 Å². The molecule has 1 aliphatic rings. The summed E-state index contributed by atoms with van der Waals surface area (Å²) in [5.74, 6) is 0. The van der Waals surface area contributed by atoms with Crippen LogP contribution in [0.15, 0.2) is 23.2 Å². The Morgan fingerprint density at radius 3 is 2.48 bits per heavy atom. The normalized spacial score (nSPS) is 18.7. The molecule has 0 atom stereocenters. The molecular formula is C14H19N3O3S. The molecule has 1 aromatic rings. The third-order valence-corrected chi connectivity index (χ3v) is 5.17. The van der Waals surface area contributed by atoms with Crippen LogP contribution in [0, 0.1) is 11.3 Å². The van der Waals surface area contributed by atoms with Crippen molar-refractivity contribution in [2.75, 3.05) is 6.54 Å². The second-order valence-corrected chi connectivity index (χ2v) is 7.22. The van der Waals surface area contributed by atoms with Crippen LogP contribution in [-0.2, 0) is 10.0 Å². The molecule has 7 heteroatoms. The molecule has 1 aromatic heterocycles. The van der Waals surface area contributed by atoms with Gasteiger partial charge >= 0.3 is 0 Å². The standard InChI is InChI=1S/C14H19N3O3S/c15-9-12-5-6-13(10-16-12)21(19,20)17-11-14(18)7-3-1-2-4-8-14/h5-6,10,17-18H,1-4,7-8,11H2. The molecule has 0 unspecified atom stereocenters. The van der Waals surface area contributed by atoms with Crippen molar-refractivity contribution >= 4 is 10.0 Å². The second-order valence-electron chi connectivity index (χ2n) is 5.45. The van der Waals surface area contributed by atoms with E-state index in [1.165, 1.54) is 12.1 Å². The molecule has 0 radical (unpaired) electrons. The first-order chi connectivity index (χ1) is 9.95. The van der Waals surface area contributed by atoms with Crippen molar-refractivity contribution in [2.24, 2.45) is 0 Å². The smallest absolute Gasteiger partial charge is 0.242 e. The highest BCUT2D eigenvalue weighted by molar-refractivity contribution is 7.89. The number of aromatic nitrogens is 1. The van der Waals surface area contributed by atoms with Gasteiger partial charge in [0.1, 0.15) is 16.7 Å². The monoisotopic (exact) mass is 309 g/mol. The molecule has 0 amide bonds. The summed E-state index contributed by atoms with van der Waals surface area (Å²) in [4.78, 5) is 3.75. The van der Waals surface area contributed by atoms with Crippen molar-refractivity contribution in [3.05, 3.63) is 24.0 Å². The lowest BCUT2D eigenvalue weighted by Crippen LogP contribution is -2.42. The fraction of sp³-hybridized carbons (Fsp3) is 0.571. The SMILES string of the molecule is N#Cc1ccc(S(=O)(=O)NCC2(O)CCCCCC2)cn1. The van der Waals surface area contributed by atoms with Crippen LogP contribution in [0.2, 0.25) is 0 Å². The van der Waals surface area contributed by atoms with E-state index in [4.69, 9.17) is 5.26 Å². The highest BCUT2D eigenvalue weighted by Gasteiger charge is 2.30. The predicted molar refractivity (Wildman–Crippen MR) is 76.8 cm³/mol. The van der Waals surface area contributed by atoms with Crippen molar-refractivity contribution in [2.45, 2.75) is 49.0 Å². The van der Waals surface area contributed by atoms with Crippen molar-refractivity contribution in [1.29, 1.82) is 5.26 Å². The van der Waals surface area contributed by atoms with Gasteiger partial charge < -0.3 is 5.11 Å². The minimum absolute atomic E-state index is 0.00118. The zero-order valence-corrected chi connectivity index (χ0v) is 12.6. The second kappa shape index (κ2) is 6.52. The van der Waals surface area contributed by atoms with Crippen molar-refractivity contribution in [3.8, 4) is 6.07 Å². The first kappa shape index (κ1) is 15.9. The van der Waals surface area contributed by atoms with Gasteiger partial charge in [-0.25, -0.2) is 18.1 Å². The molecular weight excluding hydrogens is 290 g/mol. The number of pyridine rings is 1. The summed E-state index contributed by atoms with van der Waals surface area (Å²) >= 11 is 0. The Morgan fingerprint density at radius 1 is 1.29 bits per heavy atom. The molecule has 1 fully saturated rings. The van der Waals surface area contributed by atoms with Gasteiger partial charge in [0, 0.05) is 12.7 Å². The molecule has 0 aliphatic heterocycles. The maximum atomic E-state index is 12.2. The fourth-order valence-corrected chi connectivity index (χ4v) is 3.55. The summed E-state index contributed by atoms with van der Waals surface area (Å²) in [6.45, 7) is 0.00926. The van der Waals surface area contributed by atoms with Crippen molar-refractivity contribution < 1.29 is 13.5 Å². The van der Waals surface area contributed by atoms with Gasteiger partial charge in [0.15, 0.2) is 0 Å². The largest absolute Gasteiger partial charge is 0.389 e. The lowest BCUT2D eigenvalue weighted by molar-refractivity contribution is 0.0303. The minimum Gasteiger partial charge on any atom is -0.389 e. The van der Waals surface area contributed by atoms with E-state index in [-0.39, 0.29) is 17.1 Å². The van der Waals surface area contributed by atoms with Crippen LogP contribution in [-0.4, -0.2) is 30.7 Å². The molecule has 0 bridgehead atoms. The van der Waals surface area contributed by atoms with Gasteiger partial charge in [0.2, 0.25) is 10.0 Å². The van der Waals surface area contributed by atoms with Gasteiger partial charge in [-0.15, -0.1) is 0 Å². The Bertz CT molecular complexity index is 612. The van der Waals surface area contributed by atoms with E-state index >= 15 is 0 Å². The quantitative estimate of drug-likeness (QED) is 0.816. The maximum absolute atomic E-state index is 12.2. The van der Waals surface area contributed by atoms with E-state index in [0.29, 0.717) is 12.8 Å².